The van der Waals surface area contributed by atoms with E-state index in [-0.39, 0.29) is 11.9 Å². The number of rotatable bonds is 4. The van der Waals surface area contributed by atoms with Gasteiger partial charge in [-0.2, -0.15) is 0 Å². The van der Waals surface area contributed by atoms with Gasteiger partial charge in [0.05, 0.1) is 17.9 Å². The largest absolute Gasteiger partial charge is 0.335 e. The molecular formula is C16H21N5O. The zero-order chi connectivity index (χ0) is 15.7. The second-order valence-electron chi connectivity index (χ2n) is 5.82. The van der Waals surface area contributed by atoms with Crippen molar-refractivity contribution >= 4 is 5.91 Å². The molecule has 2 heterocycles. The summed E-state index contributed by atoms with van der Waals surface area (Å²) in [7, 11) is 3.88. The number of likely N-dealkylation sites (N-methyl/N-ethyl adjacent to an activating group) is 2. The van der Waals surface area contributed by atoms with E-state index in [0.29, 0.717) is 5.69 Å². The third-order valence-electron chi connectivity index (χ3n) is 4.24. The summed E-state index contributed by atoms with van der Waals surface area (Å²) in [5.74, 6) is -0.0710. The van der Waals surface area contributed by atoms with Crippen LogP contribution in [0.4, 0.5) is 0 Å². The number of para-hydroxylation sites is 1. The zero-order valence-electron chi connectivity index (χ0n) is 13.2. The Hall–Kier alpha value is -2.21. The van der Waals surface area contributed by atoms with Gasteiger partial charge >= 0.3 is 0 Å². The summed E-state index contributed by atoms with van der Waals surface area (Å²) in [5, 5.41) is 8.18. The topological polar surface area (TPSA) is 54.3 Å². The third-order valence-corrected chi connectivity index (χ3v) is 4.24. The minimum absolute atomic E-state index is 0.0710. The van der Waals surface area contributed by atoms with E-state index in [1.165, 1.54) is 5.56 Å². The number of aryl methyl sites for hydroxylation is 1. The van der Waals surface area contributed by atoms with Gasteiger partial charge in [0.2, 0.25) is 0 Å². The molecule has 1 aromatic heterocycles. The van der Waals surface area contributed by atoms with Gasteiger partial charge in [-0.25, -0.2) is 4.68 Å². The molecule has 6 heteroatoms. The molecule has 6 nitrogen and oxygen atoms in total. The van der Waals surface area contributed by atoms with Gasteiger partial charge in [0.25, 0.3) is 5.91 Å². The lowest BCUT2D eigenvalue weighted by Crippen LogP contribution is -2.58. The quantitative estimate of drug-likeness (QED) is 0.852. The first-order valence-electron chi connectivity index (χ1n) is 7.56. The van der Waals surface area contributed by atoms with Gasteiger partial charge in [-0.15, -0.1) is 5.10 Å². The van der Waals surface area contributed by atoms with Gasteiger partial charge in [-0.1, -0.05) is 30.3 Å². The van der Waals surface area contributed by atoms with Gasteiger partial charge in [0, 0.05) is 20.1 Å². The van der Waals surface area contributed by atoms with E-state index in [0.717, 1.165) is 25.2 Å². The van der Waals surface area contributed by atoms with Crippen molar-refractivity contribution in [1.82, 2.24) is 24.8 Å². The van der Waals surface area contributed by atoms with E-state index < -0.39 is 0 Å². The Labute approximate surface area is 130 Å². The first kappa shape index (κ1) is 14.7. The van der Waals surface area contributed by atoms with Crippen LogP contribution in [-0.2, 0) is 6.42 Å². The fourth-order valence-corrected chi connectivity index (χ4v) is 2.77. The number of hydrogen-bond donors (Lipinski definition) is 0. The number of carbonyl (C=O) groups is 1. The average Bonchev–Trinajstić information content (AvgIpc) is 3.00. The molecule has 116 valence electrons. The summed E-state index contributed by atoms with van der Waals surface area (Å²) >= 11 is 0. The van der Waals surface area contributed by atoms with Gasteiger partial charge in [0.15, 0.2) is 5.69 Å². The van der Waals surface area contributed by atoms with Crippen molar-refractivity contribution in [2.45, 2.75) is 19.4 Å². The fourth-order valence-electron chi connectivity index (χ4n) is 2.77. The molecule has 0 saturated carbocycles. The summed E-state index contributed by atoms with van der Waals surface area (Å²) in [4.78, 5) is 16.4. The molecule has 0 aliphatic carbocycles. The molecule has 22 heavy (non-hydrogen) atoms. The smallest absolute Gasteiger partial charge is 0.276 e. The summed E-state index contributed by atoms with van der Waals surface area (Å²) in [6, 6.07) is 8.30. The van der Waals surface area contributed by atoms with Crippen LogP contribution < -0.4 is 0 Å². The monoisotopic (exact) mass is 299 g/mol. The molecule has 1 amide bonds. The third kappa shape index (κ3) is 2.62. The molecule has 3 rings (SSSR count). The molecule has 1 saturated heterocycles. The maximum absolute atomic E-state index is 12.5. The van der Waals surface area contributed by atoms with Crippen LogP contribution in [0, 0.1) is 0 Å². The number of hydrogen-bond acceptors (Lipinski definition) is 4. The predicted octanol–water partition coefficient (Wildman–Crippen LogP) is 1.22. The van der Waals surface area contributed by atoms with Crippen LogP contribution >= 0.6 is 0 Å². The molecular weight excluding hydrogens is 278 g/mol. The number of aromatic nitrogens is 3. The second kappa shape index (κ2) is 5.88. The normalized spacial score (nSPS) is 15.6. The van der Waals surface area contributed by atoms with E-state index in [9.17, 15) is 4.79 Å². The van der Waals surface area contributed by atoms with Gasteiger partial charge in [0.1, 0.15) is 0 Å². The lowest BCUT2D eigenvalue weighted by Gasteiger charge is -2.41. The summed E-state index contributed by atoms with van der Waals surface area (Å²) in [6.07, 6.45) is 2.63. The van der Waals surface area contributed by atoms with Gasteiger partial charge in [-0.3, -0.25) is 4.79 Å². The SMILES string of the molecule is CCc1ccccc1-n1cc(C(=O)N(C)C2CN(C)C2)nn1. The number of benzene rings is 1. The summed E-state index contributed by atoms with van der Waals surface area (Å²) in [6.45, 7) is 3.92. The summed E-state index contributed by atoms with van der Waals surface area (Å²) < 4.78 is 1.69. The van der Waals surface area contributed by atoms with Crippen molar-refractivity contribution in [3.8, 4) is 5.69 Å². The van der Waals surface area contributed by atoms with Crippen LogP contribution in [0.1, 0.15) is 23.0 Å². The van der Waals surface area contributed by atoms with E-state index in [4.69, 9.17) is 0 Å². The Morgan fingerprint density at radius 3 is 2.77 bits per heavy atom. The van der Waals surface area contributed by atoms with Crippen molar-refractivity contribution in [2.24, 2.45) is 0 Å². The van der Waals surface area contributed by atoms with Crippen LogP contribution in [0.2, 0.25) is 0 Å². The van der Waals surface area contributed by atoms with Crippen molar-refractivity contribution in [3.05, 3.63) is 41.7 Å². The molecule has 0 unspecified atom stereocenters. The van der Waals surface area contributed by atoms with E-state index in [1.807, 2.05) is 32.3 Å². The Bertz CT molecular complexity index is 675. The molecule has 0 radical (unpaired) electrons. The van der Waals surface area contributed by atoms with Crippen LogP contribution in [0.15, 0.2) is 30.5 Å². The standard InChI is InChI=1S/C16H21N5O/c1-4-12-7-5-6-8-15(12)21-11-14(17-18-21)16(22)20(3)13-9-19(2)10-13/h5-8,11,13H,4,9-10H2,1-3H3. The first-order chi connectivity index (χ1) is 10.6. The highest BCUT2D eigenvalue weighted by Gasteiger charge is 2.31. The van der Waals surface area contributed by atoms with Gasteiger partial charge < -0.3 is 9.80 Å². The molecule has 0 atom stereocenters. The van der Waals surface area contributed by atoms with Crippen LogP contribution in [0.3, 0.4) is 0 Å². The molecule has 1 aliphatic heterocycles. The van der Waals surface area contributed by atoms with Crippen molar-refractivity contribution in [1.29, 1.82) is 0 Å². The molecule has 1 aliphatic rings. The van der Waals surface area contributed by atoms with E-state index in [1.54, 1.807) is 15.8 Å². The van der Waals surface area contributed by atoms with Crippen molar-refractivity contribution in [3.63, 3.8) is 0 Å². The molecule has 1 aromatic carbocycles. The van der Waals surface area contributed by atoms with Crippen molar-refractivity contribution in [2.75, 3.05) is 27.2 Å². The zero-order valence-corrected chi connectivity index (χ0v) is 13.2. The van der Waals surface area contributed by atoms with Crippen molar-refractivity contribution < 1.29 is 4.79 Å². The minimum atomic E-state index is -0.0710. The highest BCUT2D eigenvalue weighted by Crippen LogP contribution is 2.16. The first-order valence-corrected chi connectivity index (χ1v) is 7.56. The number of likely N-dealkylation sites (tertiary alicyclic amines) is 1. The molecule has 0 N–H and O–H groups in total. The number of amides is 1. The molecule has 1 fully saturated rings. The van der Waals surface area contributed by atoms with Crippen LogP contribution in [0.25, 0.3) is 5.69 Å². The minimum Gasteiger partial charge on any atom is -0.335 e. The molecule has 0 bridgehead atoms. The Kier molecular flexibility index (Phi) is 3.94. The number of nitrogens with zero attached hydrogens (tertiary/aromatic N) is 5. The van der Waals surface area contributed by atoms with Crippen LogP contribution in [-0.4, -0.2) is 63.9 Å². The Morgan fingerprint density at radius 1 is 1.36 bits per heavy atom. The maximum Gasteiger partial charge on any atom is 0.276 e. The molecule has 0 spiro atoms. The maximum atomic E-state index is 12.5. The Balaban J connectivity index is 1.80. The predicted molar refractivity (Wildman–Crippen MR) is 84.1 cm³/mol. The lowest BCUT2D eigenvalue weighted by molar-refractivity contribution is 0.0455. The molecule has 2 aromatic rings. The Morgan fingerprint density at radius 2 is 2.09 bits per heavy atom. The fraction of sp³-hybridized carbons (Fsp3) is 0.438. The van der Waals surface area contributed by atoms with Crippen LogP contribution in [0.5, 0.6) is 0 Å². The highest BCUT2D eigenvalue weighted by atomic mass is 16.2. The van der Waals surface area contributed by atoms with E-state index >= 15 is 0 Å². The summed E-state index contributed by atoms with van der Waals surface area (Å²) in [5.41, 5.74) is 2.55. The highest BCUT2D eigenvalue weighted by molar-refractivity contribution is 5.92. The average molecular weight is 299 g/mol. The lowest BCUT2D eigenvalue weighted by atomic mass is 10.1. The van der Waals surface area contributed by atoms with E-state index in [2.05, 4.69) is 28.2 Å². The second-order valence-corrected chi connectivity index (χ2v) is 5.82. The number of carbonyl (C=O) groups excluding carboxylic acids is 1. The van der Waals surface area contributed by atoms with Gasteiger partial charge in [-0.05, 0) is 25.1 Å².